The Labute approximate surface area is 167 Å². The van der Waals surface area contributed by atoms with Gasteiger partial charge in [-0.05, 0) is 57.1 Å². The maximum atomic E-state index is 10.5. The number of ether oxygens (including phenoxy) is 1. The van der Waals surface area contributed by atoms with Crippen molar-refractivity contribution < 1.29 is 11.0 Å². The van der Waals surface area contributed by atoms with Gasteiger partial charge in [0.15, 0.2) is 0 Å². The zero-order valence-electron chi connectivity index (χ0n) is 17.0. The lowest BCUT2D eigenvalue weighted by Crippen LogP contribution is -2.14. The van der Waals surface area contributed by atoms with E-state index < -0.39 is 0 Å². The van der Waals surface area contributed by atoms with Gasteiger partial charge in [-0.3, -0.25) is 4.79 Å². The minimum Gasteiger partial charge on any atom is -0.496 e. The fraction of sp³-hybridized carbons (Fsp3) is 0.364. The van der Waals surface area contributed by atoms with Gasteiger partial charge < -0.3 is 19.5 Å². The van der Waals surface area contributed by atoms with Gasteiger partial charge in [0.25, 0.3) is 0 Å². The van der Waals surface area contributed by atoms with Crippen LogP contribution in [0.5, 0.6) is 5.75 Å². The summed E-state index contributed by atoms with van der Waals surface area (Å²) in [6.45, 7) is 1.31. The predicted molar refractivity (Wildman–Crippen MR) is 116 cm³/mol. The van der Waals surface area contributed by atoms with Crippen LogP contribution in [0.2, 0.25) is 0 Å². The first-order chi connectivity index (χ1) is 13.5. The Morgan fingerprint density at radius 1 is 1.32 bits per heavy atom. The van der Waals surface area contributed by atoms with E-state index >= 15 is 0 Å². The zero-order chi connectivity index (χ0) is 20.1. The number of nitrogens with one attached hydrogen (secondary N) is 1. The van der Waals surface area contributed by atoms with Crippen LogP contribution in [-0.2, 0) is 11.8 Å². The molecular formula is C22H30N4O2. The van der Waals surface area contributed by atoms with E-state index in [0.717, 1.165) is 33.8 Å². The molecule has 28 heavy (non-hydrogen) atoms. The largest absolute Gasteiger partial charge is 0.496 e. The van der Waals surface area contributed by atoms with Gasteiger partial charge >= 0.3 is 0 Å². The first-order valence-corrected chi connectivity index (χ1v) is 9.47. The van der Waals surface area contributed by atoms with E-state index in [4.69, 9.17) is 4.74 Å². The molecule has 4 rings (SSSR count). The summed E-state index contributed by atoms with van der Waals surface area (Å²) in [6, 6.07) is 11.8. The number of nitrogens with zero attached hydrogens (tertiary/aromatic N) is 3. The van der Waals surface area contributed by atoms with Crippen LogP contribution in [0, 0.1) is 5.92 Å². The highest BCUT2D eigenvalue weighted by Crippen LogP contribution is 2.33. The normalized spacial score (nSPS) is 13.2. The Hall–Kier alpha value is -2.86. The quantitative estimate of drug-likeness (QED) is 0.654. The molecule has 1 fully saturated rings. The first-order valence-electron chi connectivity index (χ1n) is 9.47. The molecule has 1 N–H and O–H groups in total. The van der Waals surface area contributed by atoms with Crippen LogP contribution in [-0.4, -0.2) is 48.6 Å². The molecule has 0 atom stereocenters. The van der Waals surface area contributed by atoms with Gasteiger partial charge in [0, 0.05) is 26.0 Å². The smallest absolute Gasteiger partial charge is 0.212 e. The number of benzene rings is 1. The van der Waals surface area contributed by atoms with Crippen LogP contribution < -0.4 is 10.1 Å². The number of hydrogen-bond donors (Lipinski definition) is 1. The summed E-state index contributed by atoms with van der Waals surface area (Å²) < 4.78 is 7.49. The number of pyridine rings is 1. The number of rotatable bonds is 6. The van der Waals surface area contributed by atoms with Crippen LogP contribution in [0.3, 0.4) is 0 Å². The second-order valence-electron chi connectivity index (χ2n) is 7.39. The van der Waals surface area contributed by atoms with Crippen molar-refractivity contribution in [1.29, 1.82) is 0 Å². The summed E-state index contributed by atoms with van der Waals surface area (Å²) in [5, 5.41) is 3.58. The van der Waals surface area contributed by atoms with Crippen molar-refractivity contribution in [1.82, 2.24) is 14.5 Å². The van der Waals surface area contributed by atoms with Crippen molar-refractivity contribution in [2.45, 2.75) is 12.8 Å². The third-order valence-electron chi connectivity index (χ3n) is 4.84. The highest BCUT2D eigenvalue weighted by atomic mass is 16.5. The molecule has 2 aromatic heterocycles. The molecule has 0 bridgehead atoms. The third-order valence-corrected chi connectivity index (χ3v) is 4.84. The molecule has 2 heterocycles. The summed E-state index contributed by atoms with van der Waals surface area (Å²) in [5.74, 6) is 2.41. The number of carbonyl (C=O) groups excluding carboxylic acids is 1. The lowest BCUT2D eigenvalue weighted by atomic mass is 10.1. The molecule has 1 aliphatic carbocycles. The third kappa shape index (κ3) is 4.70. The van der Waals surface area contributed by atoms with E-state index in [2.05, 4.69) is 39.9 Å². The lowest BCUT2D eigenvalue weighted by Gasteiger charge is -2.09. The van der Waals surface area contributed by atoms with E-state index in [-0.39, 0.29) is 1.43 Å². The topological polar surface area (TPSA) is 59.4 Å². The number of fused-ring (bicyclic) bond motifs is 1. The highest BCUT2D eigenvalue weighted by molar-refractivity contribution is 5.90. The fourth-order valence-corrected chi connectivity index (χ4v) is 3.30. The molecule has 3 aromatic rings. The molecule has 150 valence electrons. The molecular weight excluding hydrogens is 352 g/mol. The Morgan fingerprint density at radius 3 is 2.68 bits per heavy atom. The number of amides is 1. The van der Waals surface area contributed by atoms with Gasteiger partial charge in [-0.25, -0.2) is 4.98 Å². The van der Waals surface area contributed by atoms with Crippen LogP contribution in [0.25, 0.3) is 22.2 Å². The van der Waals surface area contributed by atoms with Crippen molar-refractivity contribution in [2.24, 2.45) is 13.0 Å². The van der Waals surface area contributed by atoms with Crippen molar-refractivity contribution in [3.8, 4) is 17.0 Å². The SMILES string of the molecule is CN(C)CC1CC1.COc1ccccc1-c1cc2cc(NC=O)ncc2n1C.[HH]. The van der Waals surface area contributed by atoms with Gasteiger partial charge in [-0.2, -0.15) is 0 Å². The second kappa shape index (κ2) is 8.89. The molecule has 1 aliphatic rings. The molecule has 1 aromatic carbocycles. The maximum absolute atomic E-state index is 10.5. The maximum Gasteiger partial charge on any atom is 0.212 e. The van der Waals surface area contributed by atoms with Crippen LogP contribution in [0.1, 0.15) is 14.3 Å². The summed E-state index contributed by atoms with van der Waals surface area (Å²) >= 11 is 0. The molecule has 1 saturated carbocycles. The fourth-order valence-electron chi connectivity index (χ4n) is 3.30. The Balaban J connectivity index is 0.000000319. The standard InChI is InChI=1S/C16H15N3O2.C6H13N.H2/c1-19-13(12-5-3-4-6-15(12)21-2)7-11-8-16(18-10-20)17-9-14(11)19;1-7(2)5-6-3-4-6;/h3-10H,1-2H3,(H,17,18,20);6H,3-5H2,1-2H3;1H. The van der Waals surface area contributed by atoms with Gasteiger partial charge in [0.2, 0.25) is 6.41 Å². The van der Waals surface area contributed by atoms with E-state index in [1.54, 1.807) is 13.3 Å². The molecule has 0 aliphatic heterocycles. The number of methoxy groups -OCH3 is 1. The summed E-state index contributed by atoms with van der Waals surface area (Å²) in [7, 11) is 7.92. The van der Waals surface area contributed by atoms with Gasteiger partial charge in [-0.1, -0.05) is 12.1 Å². The number of hydrogen-bond acceptors (Lipinski definition) is 4. The average Bonchev–Trinajstić information content (AvgIpc) is 3.43. The number of aryl methyl sites for hydroxylation is 1. The predicted octanol–water partition coefficient (Wildman–Crippen LogP) is 4.02. The monoisotopic (exact) mass is 382 g/mol. The number of para-hydroxylation sites is 1. The Morgan fingerprint density at radius 2 is 2.07 bits per heavy atom. The lowest BCUT2D eigenvalue weighted by molar-refractivity contribution is -0.105. The van der Waals surface area contributed by atoms with E-state index in [1.807, 2.05) is 37.4 Å². The minimum absolute atomic E-state index is 0. The first kappa shape index (κ1) is 19.9. The molecule has 0 unspecified atom stereocenters. The van der Waals surface area contributed by atoms with Gasteiger partial charge in [-0.15, -0.1) is 0 Å². The second-order valence-corrected chi connectivity index (χ2v) is 7.39. The summed E-state index contributed by atoms with van der Waals surface area (Å²) in [4.78, 5) is 17.0. The molecule has 0 radical (unpaired) electrons. The van der Waals surface area contributed by atoms with Crippen LogP contribution >= 0.6 is 0 Å². The molecule has 6 nitrogen and oxygen atoms in total. The summed E-state index contributed by atoms with van der Waals surface area (Å²) in [5.41, 5.74) is 3.04. The van der Waals surface area contributed by atoms with Crippen LogP contribution in [0.4, 0.5) is 5.82 Å². The molecule has 6 heteroatoms. The number of carbonyl (C=O) groups is 1. The zero-order valence-corrected chi connectivity index (χ0v) is 17.0. The highest BCUT2D eigenvalue weighted by Gasteiger charge is 2.21. The summed E-state index contributed by atoms with van der Waals surface area (Å²) in [6.07, 6.45) is 5.31. The van der Waals surface area contributed by atoms with Crippen molar-refractivity contribution in [3.63, 3.8) is 0 Å². The van der Waals surface area contributed by atoms with Crippen molar-refractivity contribution >= 4 is 23.1 Å². The van der Waals surface area contributed by atoms with Gasteiger partial charge in [0.05, 0.1) is 24.5 Å². The molecule has 0 spiro atoms. The number of aromatic nitrogens is 2. The number of anilines is 1. The van der Waals surface area contributed by atoms with Crippen LogP contribution in [0.15, 0.2) is 42.6 Å². The van der Waals surface area contributed by atoms with E-state index in [0.29, 0.717) is 12.2 Å². The molecule has 0 saturated heterocycles. The van der Waals surface area contributed by atoms with Crippen molar-refractivity contribution in [2.75, 3.05) is 33.1 Å². The van der Waals surface area contributed by atoms with Gasteiger partial charge in [0.1, 0.15) is 11.6 Å². The van der Waals surface area contributed by atoms with E-state index in [9.17, 15) is 4.79 Å². The minimum atomic E-state index is 0. The average molecular weight is 383 g/mol. The Kier molecular flexibility index (Phi) is 6.31. The Bertz CT molecular complexity index is 951. The van der Waals surface area contributed by atoms with E-state index in [1.165, 1.54) is 19.4 Å². The molecule has 1 amide bonds. The van der Waals surface area contributed by atoms with Crippen molar-refractivity contribution in [3.05, 3.63) is 42.6 Å².